The fourth-order valence-electron chi connectivity index (χ4n) is 4.76. The molecule has 0 radical (unpaired) electrons. The molecule has 0 aliphatic carbocycles. The van der Waals surface area contributed by atoms with Crippen molar-refractivity contribution in [2.24, 2.45) is 0 Å². The van der Waals surface area contributed by atoms with Gasteiger partial charge >= 0.3 is 12.1 Å². The van der Waals surface area contributed by atoms with Crippen LogP contribution in [0.5, 0.6) is 5.75 Å². The van der Waals surface area contributed by atoms with Crippen LogP contribution >= 0.6 is 0 Å². The average molecular weight is 648 g/mol. The van der Waals surface area contributed by atoms with Crippen LogP contribution in [0, 0.1) is 11.6 Å². The van der Waals surface area contributed by atoms with Crippen molar-refractivity contribution in [3.8, 4) is 39.8 Å². The Bertz CT molecular complexity index is 1810. The second-order valence-corrected chi connectivity index (χ2v) is 10.0. The fourth-order valence-corrected chi connectivity index (χ4v) is 4.76. The molecule has 0 saturated carbocycles. The summed E-state index contributed by atoms with van der Waals surface area (Å²) >= 11 is 0. The van der Waals surface area contributed by atoms with E-state index in [1.807, 2.05) is 0 Å². The number of hydrogen-bond donors (Lipinski definition) is 2. The third-order valence-electron chi connectivity index (χ3n) is 7.01. The molecular formula is C30H26F5N5O6. The molecule has 2 N–H and O–H groups in total. The summed E-state index contributed by atoms with van der Waals surface area (Å²) in [7, 11) is 0. The van der Waals surface area contributed by atoms with Gasteiger partial charge in [-0.1, -0.05) is 18.1 Å². The van der Waals surface area contributed by atoms with E-state index in [1.54, 1.807) is 6.92 Å². The number of ether oxygens (including phenoxy) is 2. The second-order valence-electron chi connectivity index (χ2n) is 10.0. The number of alkyl halides is 3. The number of aliphatic hydroxyl groups is 1. The predicted molar refractivity (Wildman–Crippen MR) is 150 cm³/mol. The lowest BCUT2D eigenvalue weighted by atomic mass is 9.91. The van der Waals surface area contributed by atoms with Crippen molar-refractivity contribution in [1.29, 1.82) is 0 Å². The number of fused-ring (bicyclic) bond motifs is 1. The summed E-state index contributed by atoms with van der Waals surface area (Å²) in [6, 6.07) is 7.82. The van der Waals surface area contributed by atoms with Crippen LogP contribution in [0.25, 0.3) is 34.0 Å². The van der Waals surface area contributed by atoms with E-state index in [1.165, 1.54) is 24.4 Å². The van der Waals surface area contributed by atoms with E-state index in [4.69, 9.17) is 19.1 Å². The minimum Gasteiger partial charge on any atom is -0.494 e. The lowest BCUT2D eigenvalue weighted by Crippen LogP contribution is -2.45. The molecule has 3 aromatic rings. The lowest BCUT2D eigenvalue weighted by molar-refractivity contribution is -0.148. The maximum atomic E-state index is 14.5. The minimum absolute atomic E-state index is 0.0103. The van der Waals surface area contributed by atoms with Gasteiger partial charge in [0.1, 0.15) is 22.8 Å². The first-order valence-corrected chi connectivity index (χ1v) is 13.9. The number of aromatic nitrogens is 5. The summed E-state index contributed by atoms with van der Waals surface area (Å²) in [6.45, 7) is 1.25. The summed E-state index contributed by atoms with van der Waals surface area (Å²) < 4.78 is 87.7. The van der Waals surface area contributed by atoms with Crippen LogP contribution in [0.4, 0.5) is 22.0 Å². The molecule has 3 heterocycles. The number of rotatable bonds is 13. The average Bonchev–Trinajstić information content (AvgIpc) is 3.68. The van der Waals surface area contributed by atoms with Gasteiger partial charge in [0.15, 0.2) is 23.2 Å². The van der Waals surface area contributed by atoms with E-state index in [0.717, 1.165) is 35.1 Å². The number of nitrogens with zero attached hydrogens (tertiary/aromatic N) is 5. The van der Waals surface area contributed by atoms with Crippen LogP contribution in [0.15, 0.2) is 59.4 Å². The molecule has 0 fully saturated rings. The van der Waals surface area contributed by atoms with Crippen LogP contribution in [-0.4, -0.2) is 67.5 Å². The molecule has 0 bridgehead atoms. The molecule has 46 heavy (non-hydrogen) atoms. The zero-order chi connectivity index (χ0) is 33.1. The second kappa shape index (κ2) is 13.2. The van der Waals surface area contributed by atoms with E-state index in [9.17, 15) is 31.9 Å². The highest BCUT2D eigenvalue weighted by molar-refractivity contribution is 5.81. The molecule has 0 saturated heterocycles. The van der Waals surface area contributed by atoms with Crippen molar-refractivity contribution < 1.29 is 51.0 Å². The Morgan fingerprint density at radius 2 is 1.78 bits per heavy atom. The third kappa shape index (κ3) is 6.25. The van der Waals surface area contributed by atoms with Crippen molar-refractivity contribution in [3.63, 3.8) is 0 Å². The predicted octanol–water partition coefficient (Wildman–Crippen LogP) is 5.41. The van der Waals surface area contributed by atoms with Crippen molar-refractivity contribution >= 4 is 5.97 Å². The van der Waals surface area contributed by atoms with Crippen LogP contribution in [0.3, 0.4) is 0 Å². The van der Waals surface area contributed by atoms with Gasteiger partial charge in [-0.3, -0.25) is 0 Å². The molecular weight excluding hydrogens is 621 g/mol. The summed E-state index contributed by atoms with van der Waals surface area (Å²) in [4.78, 5) is 21.5. The molecule has 1 aromatic heterocycles. The molecule has 0 spiro atoms. The Kier molecular flexibility index (Phi) is 9.29. The molecule has 1 unspecified atom stereocenters. The number of hydrogen-bond acceptors (Lipinski definition) is 9. The first kappa shape index (κ1) is 32.4. The number of imidazole rings is 1. The number of aliphatic carboxylic acids is 1. The summed E-state index contributed by atoms with van der Waals surface area (Å²) in [5.41, 5.74) is -4.13. The van der Waals surface area contributed by atoms with Gasteiger partial charge in [0.05, 0.1) is 49.9 Å². The van der Waals surface area contributed by atoms with Gasteiger partial charge < -0.3 is 24.2 Å². The number of carboxylic acid groups (broad SMARTS) is 1. The first-order chi connectivity index (χ1) is 22.0. The molecule has 242 valence electrons. The van der Waals surface area contributed by atoms with Gasteiger partial charge in [-0.2, -0.15) is 18.3 Å². The van der Waals surface area contributed by atoms with Crippen LogP contribution in [0.2, 0.25) is 0 Å². The highest BCUT2D eigenvalue weighted by Crippen LogP contribution is 2.41. The fraction of sp³-hybridized carbons (Fsp3) is 0.300. The summed E-state index contributed by atoms with van der Waals surface area (Å²) in [5.74, 6) is -4.46. The van der Waals surface area contributed by atoms with Gasteiger partial charge in [0, 0.05) is 18.1 Å². The van der Waals surface area contributed by atoms with Crippen LogP contribution in [-0.2, 0) is 21.2 Å². The Balaban J connectivity index is 1.62. The van der Waals surface area contributed by atoms with Gasteiger partial charge in [-0.25, -0.2) is 28.2 Å². The zero-order valence-corrected chi connectivity index (χ0v) is 24.1. The number of aliphatic hydroxyl groups excluding tert-OH is 1. The monoisotopic (exact) mass is 647 g/mol. The standard InChI is InChI=1S/C30H26F5N5O6/c1-2-10-45-17-6-7-18(20(13-17)30(33,34)35)22-14-25(46-39-22)29(28(42)43,8-11-44-12-9-41)40-16-24-23(15-36-40)37-27(38-24)19-4-3-5-21(31)26(19)32/h3-7,13-16,41H,2,8-12H2,1H3,(H,42,43). The van der Waals surface area contributed by atoms with Crippen molar-refractivity contribution in [1.82, 2.24) is 24.9 Å². The van der Waals surface area contributed by atoms with Gasteiger partial charge in [0.25, 0.3) is 0 Å². The Labute approximate surface area is 257 Å². The maximum Gasteiger partial charge on any atom is 0.417 e. The maximum absolute atomic E-state index is 14.5. The molecule has 2 aliphatic heterocycles. The largest absolute Gasteiger partial charge is 0.494 e. The first-order valence-electron chi connectivity index (χ1n) is 13.9. The number of benzene rings is 2. The van der Waals surface area contributed by atoms with Crippen LogP contribution in [0.1, 0.15) is 31.1 Å². The summed E-state index contributed by atoms with van der Waals surface area (Å²) in [5, 5.41) is 27.7. The molecule has 1 atom stereocenters. The summed E-state index contributed by atoms with van der Waals surface area (Å²) in [6.07, 6.45) is -2.32. The quantitative estimate of drug-likeness (QED) is 0.126. The van der Waals surface area contributed by atoms with E-state index < -0.39 is 47.1 Å². The van der Waals surface area contributed by atoms with E-state index in [2.05, 4.69) is 20.2 Å². The lowest BCUT2D eigenvalue weighted by Gasteiger charge is -2.28. The topological polar surface area (TPSA) is 146 Å². The Morgan fingerprint density at radius 1 is 1.00 bits per heavy atom. The Hall–Kier alpha value is -4.96. The smallest absolute Gasteiger partial charge is 0.417 e. The SMILES string of the molecule is CCCOc1ccc(-c2cc(C(CCOCCO)(C(=O)O)n3cc4nc(-c5cccc(F)c5F)nc-4cn3)on2)c(C(F)(F)F)c1. The van der Waals surface area contributed by atoms with E-state index >= 15 is 0 Å². The molecule has 11 nitrogen and oxygen atoms in total. The number of halogens is 5. The molecule has 16 heteroatoms. The molecule has 2 aliphatic rings. The van der Waals surface area contributed by atoms with E-state index in [-0.39, 0.29) is 66.2 Å². The van der Waals surface area contributed by atoms with Gasteiger partial charge in [-0.05, 0) is 36.8 Å². The number of carbonyl (C=O) groups is 1. The van der Waals surface area contributed by atoms with Gasteiger partial charge in [-0.15, -0.1) is 0 Å². The van der Waals surface area contributed by atoms with Gasteiger partial charge in [0.2, 0.25) is 5.54 Å². The Morgan fingerprint density at radius 3 is 2.50 bits per heavy atom. The highest BCUT2D eigenvalue weighted by atomic mass is 19.4. The molecule has 0 amide bonds. The van der Waals surface area contributed by atoms with Crippen LogP contribution < -0.4 is 4.74 Å². The van der Waals surface area contributed by atoms with Crippen molar-refractivity contribution in [2.45, 2.75) is 31.5 Å². The highest BCUT2D eigenvalue weighted by Gasteiger charge is 2.48. The minimum atomic E-state index is -4.82. The third-order valence-corrected chi connectivity index (χ3v) is 7.01. The zero-order valence-electron chi connectivity index (χ0n) is 24.1. The van der Waals surface area contributed by atoms with Crippen molar-refractivity contribution in [2.75, 3.05) is 26.4 Å². The molecule has 2 aromatic carbocycles. The number of carboxylic acids is 1. The normalized spacial score (nSPS) is 13.2. The van der Waals surface area contributed by atoms with E-state index in [0.29, 0.717) is 6.42 Å². The molecule has 5 rings (SSSR count). The van der Waals surface area contributed by atoms with Crippen molar-refractivity contribution in [3.05, 3.63) is 77.8 Å².